The molecule has 0 amide bonds. The molecule has 0 bridgehead atoms. The van der Waals surface area contributed by atoms with Crippen molar-refractivity contribution in [3.63, 3.8) is 0 Å². The first-order chi connectivity index (χ1) is 7.73. The Morgan fingerprint density at radius 3 is 2.88 bits per heavy atom. The van der Waals surface area contributed by atoms with Gasteiger partial charge in [0.1, 0.15) is 18.0 Å². The maximum atomic E-state index is 5.78. The van der Waals surface area contributed by atoms with E-state index in [1.165, 1.54) is 0 Å². The zero-order valence-electron chi connectivity index (χ0n) is 9.90. The Kier molecular flexibility index (Phi) is 3.30. The second-order valence-electron chi connectivity index (χ2n) is 4.38. The molecular formula is C14H18O2. The number of hydrogen-bond donors (Lipinski definition) is 0. The molecule has 2 heteroatoms. The van der Waals surface area contributed by atoms with Crippen LogP contribution in [0.3, 0.4) is 0 Å². The molecule has 86 valence electrons. The summed E-state index contributed by atoms with van der Waals surface area (Å²) in [7, 11) is 0. The normalized spacial score (nSPS) is 23.6. The Labute approximate surface area is 96.9 Å². The average Bonchev–Trinajstić information content (AvgIpc) is 3.04. The van der Waals surface area contributed by atoms with Gasteiger partial charge in [-0.05, 0) is 19.4 Å². The van der Waals surface area contributed by atoms with Gasteiger partial charge < -0.3 is 9.47 Å². The van der Waals surface area contributed by atoms with Gasteiger partial charge in [0.05, 0.1) is 6.61 Å². The molecule has 0 aliphatic carbocycles. The van der Waals surface area contributed by atoms with Crippen LogP contribution in [0, 0.1) is 0 Å². The molecule has 0 N–H and O–H groups in total. The van der Waals surface area contributed by atoms with Crippen molar-refractivity contribution in [2.45, 2.75) is 25.9 Å². The maximum Gasteiger partial charge on any atom is 0.126 e. The van der Waals surface area contributed by atoms with Crippen LogP contribution < -0.4 is 4.74 Å². The first-order valence-electron chi connectivity index (χ1n) is 5.76. The summed E-state index contributed by atoms with van der Waals surface area (Å²) in [6.07, 6.45) is 5.28. The van der Waals surface area contributed by atoms with Gasteiger partial charge in [-0.25, -0.2) is 0 Å². The molecule has 1 atom stereocenters. The molecule has 0 spiro atoms. The number of ether oxygens (including phenoxy) is 2. The van der Waals surface area contributed by atoms with Crippen LogP contribution in [0.1, 0.15) is 25.8 Å². The molecular weight excluding hydrogens is 200 g/mol. The van der Waals surface area contributed by atoms with Gasteiger partial charge in [-0.2, -0.15) is 0 Å². The van der Waals surface area contributed by atoms with E-state index < -0.39 is 0 Å². The van der Waals surface area contributed by atoms with Gasteiger partial charge >= 0.3 is 0 Å². The second-order valence-corrected chi connectivity index (χ2v) is 4.38. The number of hydrogen-bond acceptors (Lipinski definition) is 2. The Morgan fingerprint density at radius 1 is 1.44 bits per heavy atom. The highest BCUT2D eigenvalue weighted by Gasteiger charge is 2.40. The van der Waals surface area contributed by atoms with Crippen LogP contribution in [0.2, 0.25) is 0 Å². The predicted octanol–water partition coefficient (Wildman–Crippen LogP) is 3.28. The minimum Gasteiger partial charge on any atom is -0.490 e. The van der Waals surface area contributed by atoms with Crippen LogP contribution in [0.25, 0.3) is 6.08 Å². The molecule has 1 heterocycles. The van der Waals surface area contributed by atoms with Crippen molar-refractivity contribution in [1.29, 1.82) is 0 Å². The van der Waals surface area contributed by atoms with E-state index in [0.29, 0.717) is 6.61 Å². The number of rotatable bonds is 5. The smallest absolute Gasteiger partial charge is 0.126 e. The summed E-state index contributed by atoms with van der Waals surface area (Å²) >= 11 is 0. The lowest BCUT2D eigenvalue weighted by Gasteiger charge is -2.11. The van der Waals surface area contributed by atoms with E-state index in [4.69, 9.17) is 9.47 Å². The van der Waals surface area contributed by atoms with Gasteiger partial charge in [0.15, 0.2) is 0 Å². The molecule has 1 aliphatic rings. The topological polar surface area (TPSA) is 21.8 Å². The van der Waals surface area contributed by atoms with E-state index >= 15 is 0 Å². The molecule has 16 heavy (non-hydrogen) atoms. The van der Waals surface area contributed by atoms with Gasteiger partial charge in [0.2, 0.25) is 0 Å². The molecule has 1 aliphatic heterocycles. The SMILES string of the molecule is CC/C=C/c1ccccc1OCC1(C)CO1. The summed E-state index contributed by atoms with van der Waals surface area (Å²) in [6, 6.07) is 8.09. The molecule has 2 nitrogen and oxygen atoms in total. The van der Waals surface area contributed by atoms with Gasteiger partial charge in [-0.15, -0.1) is 0 Å². The standard InChI is InChI=1S/C14H18O2/c1-3-4-7-12-8-5-6-9-13(12)15-10-14(2)11-16-14/h4-9H,3,10-11H2,1-2H3/b7-4+. The fourth-order valence-corrected chi connectivity index (χ4v) is 1.43. The van der Waals surface area contributed by atoms with Gasteiger partial charge in [-0.3, -0.25) is 0 Å². The van der Waals surface area contributed by atoms with Crippen molar-refractivity contribution in [1.82, 2.24) is 0 Å². The molecule has 0 saturated carbocycles. The fourth-order valence-electron chi connectivity index (χ4n) is 1.43. The largest absolute Gasteiger partial charge is 0.490 e. The zero-order valence-corrected chi connectivity index (χ0v) is 9.90. The number of benzene rings is 1. The lowest BCUT2D eigenvalue weighted by molar-refractivity contribution is 0.202. The molecule has 1 saturated heterocycles. The van der Waals surface area contributed by atoms with Crippen molar-refractivity contribution >= 4 is 6.08 Å². The van der Waals surface area contributed by atoms with Crippen LogP contribution in [-0.2, 0) is 4.74 Å². The highest BCUT2D eigenvalue weighted by atomic mass is 16.6. The van der Waals surface area contributed by atoms with Crippen LogP contribution in [0.15, 0.2) is 30.3 Å². The molecule has 0 radical (unpaired) electrons. The quantitative estimate of drug-likeness (QED) is 0.707. The predicted molar refractivity (Wildman–Crippen MR) is 65.6 cm³/mol. The van der Waals surface area contributed by atoms with E-state index in [1.54, 1.807) is 0 Å². The summed E-state index contributed by atoms with van der Waals surface area (Å²) in [5, 5.41) is 0. The highest BCUT2D eigenvalue weighted by Crippen LogP contribution is 2.28. The molecule has 1 fully saturated rings. The van der Waals surface area contributed by atoms with E-state index in [2.05, 4.69) is 32.1 Å². The Hall–Kier alpha value is -1.28. The van der Waals surface area contributed by atoms with Crippen LogP contribution in [0.4, 0.5) is 0 Å². The third-order valence-corrected chi connectivity index (χ3v) is 2.62. The number of allylic oxidation sites excluding steroid dienone is 1. The lowest BCUT2D eigenvalue weighted by Crippen LogP contribution is -2.17. The number of epoxide rings is 1. The summed E-state index contributed by atoms with van der Waals surface area (Å²) in [5.41, 5.74) is 1.08. The summed E-state index contributed by atoms with van der Waals surface area (Å²) < 4.78 is 11.1. The van der Waals surface area contributed by atoms with Crippen molar-refractivity contribution in [3.05, 3.63) is 35.9 Å². The summed E-state index contributed by atoms with van der Waals surface area (Å²) in [4.78, 5) is 0. The van der Waals surface area contributed by atoms with Crippen LogP contribution in [0.5, 0.6) is 5.75 Å². The Morgan fingerprint density at radius 2 is 2.19 bits per heavy atom. The summed E-state index contributed by atoms with van der Waals surface area (Å²) in [6.45, 7) is 5.63. The van der Waals surface area contributed by atoms with Crippen LogP contribution in [-0.4, -0.2) is 18.8 Å². The van der Waals surface area contributed by atoms with Gasteiger partial charge in [-0.1, -0.05) is 37.3 Å². The average molecular weight is 218 g/mol. The second kappa shape index (κ2) is 4.71. The molecule has 1 aromatic rings. The van der Waals surface area contributed by atoms with E-state index in [1.807, 2.05) is 18.2 Å². The Bertz CT molecular complexity index is 378. The molecule has 2 rings (SSSR count). The van der Waals surface area contributed by atoms with E-state index in [-0.39, 0.29) is 5.60 Å². The van der Waals surface area contributed by atoms with Crippen molar-refractivity contribution < 1.29 is 9.47 Å². The molecule has 1 unspecified atom stereocenters. The lowest BCUT2D eigenvalue weighted by atomic mass is 10.1. The van der Waals surface area contributed by atoms with Crippen molar-refractivity contribution in [2.75, 3.05) is 13.2 Å². The highest BCUT2D eigenvalue weighted by molar-refractivity contribution is 5.57. The monoisotopic (exact) mass is 218 g/mol. The Balaban J connectivity index is 2.03. The third-order valence-electron chi connectivity index (χ3n) is 2.62. The summed E-state index contributed by atoms with van der Waals surface area (Å²) in [5.74, 6) is 0.934. The first kappa shape index (κ1) is 11.2. The number of para-hydroxylation sites is 1. The van der Waals surface area contributed by atoms with Crippen molar-refractivity contribution in [2.24, 2.45) is 0 Å². The molecule has 0 aromatic heterocycles. The fraction of sp³-hybridized carbons (Fsp3) is 0.429. The third kappa shape index (κ3) is 2.86. The van der Waals surface area contributed by atoms with Crippen molar-refractivity contribution in [3.8, 4) is 5.75 Å². The van der Waals surface area contributed by atoms with Gasteiger partial charge in [0.25, 0.3) is 0 Å². The van der Waals surface area contributed by atoms with Crippen LogP contribution >= 0.6 is 0 Å². The minimum absolute atomic E-state index is 0.0540. The maximum absolute atomic E-state index is 5.78. The van der Waals surface area contributed by atoms with E-state index in [0.717, 1.165) is 24.3 Å². The first-order valence-corrected chi connectivity index (χ1v) is 5.76. The zero-order chi connectivity index (χ0) is 11.4. The minimum atomic E-state index is -0.0540. The van der Waals surface area contributed by atoms with Gasteiger partial charge in [0, 0.05) is 5.56 Å². The van der Waals surface area contributed by atoms with E-state index in [9.17, 15) is 0 Å². The molecule has 1 aromatic carbocycles.